The highest BCUT2D eigenvalue weighted by Gasteiger charge is 2.19. The molecule has 190 valence electrons. The third-order valence-corrected chi connectivity index (χ3v) is 6.40. The summed E-state index contributed by atoms with van der Waals surface area (Å²) in [5.74, 6) is 0.401. The first-order chi connectivity index (χ1) is 18.2. The summed E-state index contributed by atoms with van der Waals surface area (Å²) in [5.41, 5.74) is 5.28. The summed E-state index contributed by atoms with van der Waals surface area (Å²) in [6.45, 7) is 5.76. The third-order valence-electron chi connectivity index (χ3n) is 6.40. The quantitative estimate of drug-likeness (QED) is 0.207. The first-order valence-electron chi connectivity index (χ1n) is 11.9. The van der Waals surface area contributed by atoms with Gasteiger partial charge in [0.25, 0.3) is 11.6 Å². The summed E-state index contributed by atoms with van der Waals surface area (Å²) in [6.07, 6.45) is 1.71. The molecule has 2 heterocycles. The van der Waals surface area contributed by atoms with E-state index in [1.165, 1.54) is 12.1 Å². The number of nitrogens with zero attached hydrogens (tertiary/aromatic N) is 4. The number of para-hydroxylation sites is 1. The van der Waals surface area contributed by atoms with Crippen LogP contribution in [0.1, 0.15) is 27.2 Å². The van der Waals surface area contributed by atoms with Crippen molar-refractivity contribution in [2.24, 2.45) is 7.05 Å². The van der Waals surface area contributed by atoms with Crippen molar-refractivity contribution in [3.63, 3.8) is 0 Å². The lowest BCUT2D eigenvalue weighted by atomic mass is 10.0. The number of hydrogen-bond acceptors (Lipinski definition) is 6. The molecule has 1 amide bonds. The van der Waals surface area contributed by atoms with Crippen molar-refractivity contribution in [1.29, 1.82) is 0 Å². The number of benzene rings is 3. The van der Waals surface area contributed by atoms with Crippen LogP contribution in [0.2, 0.25) is 0 Å². The molecule has 9 nitrogen and oxygen atoms in total. The molecule has 0 atom stereocenters. The predicted octanol–water partition coefficient (Wildman–Crippen LogP) is 6.51. The molecule has 0 aliphatic rings. The highest BCUT2D eigenvalue weighted by atomic mass is 16.6. The summed E-state index contributed by atoms with van der Waals surface area (Å²) >= 11 is 0. The topological polar surface area (TPSA) is 112 Å². The number of nitro groups is 1. The Bertz CT molecular complexity index is 1720. The van der Waals surface area contributed by atoms with Crippen molar-refractivity contribution in [1.82, 2.24) is 14.8 Å². The van der Waals surface area contributed by atoms with E-state index in [4.69, 9.17) is 9.72 Å². The maximum absolute atomic E-state index is 13.6. The summed E-state index contributed by atoms with van der Waals surface area (Å²) in [6, 6.07) is 19.0. The van der Waals surface area contributed by atoms with Gasteiger partial charge in [0.1, 0.15) is 11.5 Å². The number of carbonyl (C=O) groups excluding carboxylic acids is 1. The van der Waals surface area contributed by atoms with Crippen LogP contribution in [0.4, 0.5) is 11.4 Å². The number of aromatic nitrogens is 3. The van der Waals surface area contributed by atoms with Crippen molar-refractivity contribution in [2.75, 3.05) is 5.32 Å². The normalized spacial score (nSPS) is 10.9. The second-order valence-corrected chi connectivity index (χ2v) is 9.14. The standard InChI is InChI=1S/C29H25N5O4/c1-17-9-10-18(2)28(11-17)38-22-13-20(12-21(14-22)34(36)37)31-29(35)24-15-27(25-16-30-33(4)19(25)3)32-26-8-6-5-7-23(24)26/h5-16H,1-4H3,(H,31,35). The van der Waals surface area contributed by atoms with E-state index in [0.29, 0.717) is 27.9 Å². The summed E-state index contributed by atoms with van der Waals surface area (Å²) in [4.78, 5) is 29.5. The zero-order valence-corrected chi connectivity index (χ0v) is 21.4. The Kier molecular flexibility index (Phi) is 6.34. The summed E-state index contributed by atoms with van der Waals surface area (Å²) in [7, 11) is 1.84. The number of hydrogen-bond donors (Lipinski definition) is 1. The Balaban J connectivity index is 1.54. The van der Waals surface area contributed by atoms with E-state index >= 15 is 0 Å². The van der Waals surface area contributed by atoms with Crippen LogP contribution < -0.4 is 10.1 Å². The number of ether oxygens (including phenoxy) is 1. The largest absolute Gasteiger partial charge is 0.457 e. The Labute approximate surface area is 218 Å². The second kappa shape index (κ2) is 9.78. The number of anilines is 1. The van der Waals surface area contributed by atoms with Crippen LogP contribution in [0.3, 0.4) is 0 Å². The van der Waals surface area contributed by atoms with Gasteiger partial charge in [0.15, 0.2) is 0 Å². The second-order valence-electron chi connectivity index (χ2n) is 9.14. The first-order valence-corrected chi connectivity index (χ1v) is 11.9. The van der Waals surface area contributed by atoms with E-state index in [1.54, 1.807) is 23.0 Å². The Morgan fingerprint density at radius 3 is 2.55 bits per heavy atom. The van der Waals surface area contributed by atoms with Crippen molar-refractivity contribution >= 4 is 28.2 Å². The van der Waals surface area contributed by atoms with E-state index in [9.17, 15) is 14.9 Å². The van der Waals surface area contributed by atoms with E-state index in [2.05, 4.69) is 10.4 Å². The SMILES string of the molecule is Cc1ccc(C)c(Oc2cc(NC(=O)c3cc(-c4cnn(C)c4C)nc4ccccc34)cc([N+](=O)[O-])c2)c1. The summed E-state index contributed by atoms with van der Waals surface area (Å²) in [5, 5.41) is 19.4. The van der Waals surface area contributed by atoms with Crippen molar-refractivity contribution in [3.8, 4) is 22.8 Å². The van der Waals surface area contributed by atoms with E-state index in [1.807, 2.05) is 70.3 Å². The number of nitrogens with one attached hydrogen (secondary N) is 1. The molecule has 38 heavy (non-hydrogen) atoms. The number of aryl methyl sites for hydroxylation is 3. The van der Waals surface area contributed by atoms with Gasteiger partial charge in [-0.1, -0.05) is 30.3 Å². The highest BCUT2D eigenvalue weighted by Crippen LogP contribution is 2.33. The van der Waals surface area contributed by atoms with Crippen LogP contribution in [-0.4, -0.2) is 25.6 Å². The van der Waals surface area contributed by atoms with Crippen molar-refractivity contribution in [3.05, 3.63) is 105 Å². The van der Waals surface area contributed by atoms with Crippen LogP contribution in [0.15, 0.2) is 72.9 Å². The fraction of sp³-hybridized carbons (Fsp3) is 0.138. The Morgan fingerprint density at radius 2 is 1.82 bits per heavy atom. The van der Waals surface area contributed by atoms with Gasteiger partial charge in [-0.15, -0.1) is 0 Å². The fourth-order valence-corrected chi connectivity index (χ4v) is 4.21. The lowest BCUT2D eigenvalue weighted by Crippen LogP contribution is -2.13. The van der Waals surface area contributed by atoms with Crippen LogP contribution in [0.5, 0.6) is 11.5 Å². The molecule has 5 aromatic rings. The molecule has 0 bridgehead atoms. The molecular formula is C29H25N5O4. The van der Waals surface area contributed by atoms with Crippen molar-refractivity contribution < 1.29 is 14.5 Å². The van der Waals surface area contributed by atoms with E-state index in [0.717, 1.165) is 22.4 Å². The number of amides is 1. The molecule has 5 rings (SSSR count). The lowest BCUT2D eigenvalue weighted by Gasteiger charge is -2.13. The molecule has 0 radical (unpaired) electrons. The van der Waals surface area contributed by atoms with Gasteiger partial charge in [0, 0.05) is 35.8 Å². The molecule has 0 unspecified atom stereocenters. The molecule has 9 heteroatoms. The van der Waals surface area contributed by atoms with Gasteiger partial charge in [0.2, 0.25) is 0 Å². The maximum atomic E-state index is 13.6. The number of carbonyl (C=O) groups is 1. The van der Waals surface area contributed by atoms with E-state index < -0.39 is 10.8 Å². The molecule has 0 fully saturated rings. The van der Waals surface area contributed by atoms with Crippen molar-refractivity contribution in [2.45, 2.75) is 20.8 Å². The van der Waals surface area contributed by atoms with Gasteiger partial charge in [-0.05, 0) is 50.1 Å². The average molecular weight is 508 g/mol. The van der Waals surface area contributed by atoms with Gasteiger partial charge in [-0.3, -0.25) is 19.6 Å². The molecular weight excluding hydrogens is 482 g/mol. The Hall–Kier alpha value is -5.05. The number of rotatable bonds is 6. The van der Waals surface area contributed by atoms with Crippen LogP contribution in [0, 0.1) is 30.9 Å². The van der Waals surface area contributed by atoms with Gasteiger partial charge >= 0.3 is 0 Å². The smallest absolute Gasteiger partial charge is 0.275 e. The van der Waals surface area contributed by atoms with E-state index in [-0.39, 0.29) is 17.1 Å². The molecule has 0 aliphatic carbocycles. The molecule has 3 aromatic carbocycles. The zero-order chi connectivity index (χ0) is 27.0. The highest BCUT2D eigenvalue weighted by molar-refractivity contribution is 6.13. The number of nitro benzene ring substituents is 1. The molecule has 0 aliphatic heterocycles. The average Bonchev–Trinajstić information content (AvgIpc) is 3.23. The van der Waals surface area contributed by atoms with Gasteiger partial charge < -0.3 is 10.1 Å². The number of pyridine rings is 1. The van der Waals surface area contributed by atoms with Gasteiger partial charge in [-0.25, -0.2) is 4.98 Å². The minimum absolute atomic E-state index is 0.200. The minimum atomic E-state index is -0.517. The predicted molar refractivity (Wildman–Crippen MR) is 146 cm³/mol. The lowest BCUT2D eigenvalue weighted by molar-refractivity contribution is -0.384. The fourth-order valence-electron chi connectivity index (χ4n) is 4.21. The Morgan fingerprint density at radius 1 is 1.03 bits per heavy atom. The van der Waals surface area contributed by atoms with Gasteiger partial charge in [-0.2, -0.15) is 5.10 Å². The summed E-state index contributed by atoms with van der Waals surface area (Å²) < 4.78 is 7.74. The maximum Gasteiger partial charge on any atom is 0.275 e. The third kappa shape index (κ3) is 4.81. The van der Waals surface area contributed by atoms with Crippen LogP contribution in [-0.2, 0) is 7.05 Å². The number of non-ortho nitro benzene ring substituents is 1. The molecule has 1 N–H and O–H groups in total. The zero-order valence-electron chi connectivity index (χ0n) is 21.4. The first kappa shape index (κ1) is 24.6. The molecule has 0 spiro atoms. The molecule has 2 aromatic heterocycles. The minimum Gasteiger partial charge on any atom is -0.457 e. The van der Waals surface area contributed by atoms with Crippen LogP contribution >= 0.6 is 0 Å². The molecule has 0 saturated carbocycles. The van der Waals surface area contributed by atoms with Crippen LogP contribution in [0.25, 0.3) is 22.2 Å². The number of fused-ring (bicyclic) bond motifs is 1. The molecule has 0 saturated heterocycles. The van der Waals surface area contributed by atoms with Gasteiger partial charge in [0.05, 0.1) is 39.6 Å². The monoisotopic (exact) mass is 507 g/mol.